The molecule has 3 rings (SSSR count). The van der Waals surface area contributed by atoms with Gasteiger partial charge in [-0.1, -0.05) is 13.8 Å². The van der Waals surface area contributed by atoms with Gasteiger partial charge in [-0.15, -0.1) is 0 Å². The number of aromatic nitrogens is 2. The highest BCUT2D eigenvalue weighted by Gasteiger charge is 2.33. The second-order valence-corrected chi connectivity index (χ2v) is 8.82. The van der Waals surface area contributed by atoms with Gasteiger partial charge in [-0.25, -0.2) is 13.4 Å². The zero-order chi connectivity index (χ0) is 15.0. The number of nitrogens with one attached hydrogen (secondary N) is 1. The molecule has 0 aliphatic carbocycles. The molecule has 7 heteroatoms. The van der Waals surface area contributed by atoms with Crippen molar-refractivity contribution in [2.24, 2.45) is 5.92 Å². The van der Waals surface area contributed by atoms with Crippen LogP contribution in [-0.2, 0) is 10.0 Å². The smallest absolute Gasteiger partial charge is 0.245 e. The summed E-state index contributed by atoms with van der Waals surface area (Å²) in [5.74, 6) is 1.32. The first-order valence-electron chi connectivity index (χ1n) is 7.04. The largest absolute Gasteiger partial charge is 0.345 e. The van der Waals surface area contributed by atoms with E-state index >= 15 is 0 Å². The van der Waals surface area contributed by atoms with Gasteiger partial charge >= 0.3 is 0 Å². The van der Waals surface area contributed by atoms with Gasteiger partial charge in [-0.05, 0) is 18.1 Å². The van der Waals surface area contributed by atoms with Gasteiger partial charge in [-0.3, -0.25) is 0 Å². The van der Waals surface area contributed by atoms with Crippen LogP contribution in [0, 0.1) is 5.92 Å². The molecule has 1 fully saturated rings. The molecule has 2 aromatic heterocycles. The van der Waals surface area contributed by atoms with E-state index in [-0.39, 0.29) is 0 Å². The molecule has 1 aliphatic heterocycles. The van der Waals surface area contributed by atoms with Gasteiger partial charge in [0.1, 0.15) is 10.5 Å². The Kier molecular flexibility index (Phi) is 3.98. The molecule has 21 heavy (non-hydrogen) atoms. The Morgan fingerprint density at radius 1 is 1.48 bits per heavy atom. The molecule has 0 radical (unpaired) electrons. The highest BCUT2D eigenvalue weighted by Crippen LogP contribution is 2.30. The average molecular weight is 325 g/mol. The third-order valence-corrected chi connectivity index (χ3v) is 7.28. The Hall–Kier alpha value is -1.05. The standard InChI is InChI=1S/C14H19N3O2S2/c1-10(2)12-9-17(6-7-20-12)21(18,19)13-8-16-14-11(13)4-3-5-15-14/h3-5,8,10,12H,6-7,9H2,1-2H3,(H,15,16). The van der Waals surface area contributed by atoms with E-state index in [1.807, 2.05) is 11.8 Å². The molecule has 0 spiro atoms. The Labute approximate surface area is 129 Å². The third-order valence-electron chi connectivity index (χ3n) is 3.83. The fraction of sp³-hybridized carbons (Fsp3) is 0.500. The molecule has 1 unspecified atom stereocenters. The van der Waals surface area contributed by atoms with Crippen molar-refractivity contribution in [1.29, 1.82) is 0 Å². The second-order valence-electron chi connectivity index (χ2n) is 5.57. The topological polar surface area (TPSA) is 66.1 Å². The molecule has 0 saturated carbocycles. The number of H-pyrrole nitrogens is 1. The summed E-state index contributed by atoms with van der Waals surface area (Å²) in [6.07, 6.45) is 3.21. The molecule has 1 N–H and O–H groups in total. The van der Waals surface area contributed by atoms with Crippen LogP contribution in [0.25, 0.3) is 11.0 Å². The van der Waals surface area contributed by atoms with E-state index in [9.17, 15) is 8.42 Å². The van der Waals surface area contributed by atoms with Crippen LogP contribution in [-0.4, -0.2) is 46.8 Å². The number of fused-ring (bicyclic) bond motifs is 1. The first-order chi connectivity index (χ1) is 10.00. The number of thioether (sulfide) groups is 1. The van der Waals surface area contributed by atoms with Crippen molar-refractivity contribution in [1.82, 2.24) is 14.3 Å². The quantitative estimate of drug-likeness (QED) is 0.940. The summed E-state index contributed by atoms with van der Waals surface area (Å²) in [4.78, 5) is 7.44. The maximum absolute atomic E-state index is 12.9. The zero-order valence-corrected chi connectivity index (χ0v) is 13.7. The van der Waals surface area contributed by atoms with Crippen LogP contribution in [0.3, 0.4) is 0 Å². The maximum Gasteiger partial charge on any atom is 0.245 e. The lowest BCUT2D eigenvalue weighted by molar-refractivity contribution is 0.392. The van der Waals surface area contributed by atoms with E-state index in [2.05, 4.69) is 23.8 Å². The van der Waals surface area contributed by atoms with Crippen molar-refractivity contribution in [2.75, 3.05) is 18.8 Å². The molecule has 114 valence electrons. The number of sulfonamides is 1. The summed E-state index contributed by atoms with van der Waals surface area (Å²) in [5, 5.41) is 1.02. The fourth-order valence-corrected chi connectivity index (χ4v) is 5.68. The lowest BCUT2D eigenvalue weighted by atomic mass is 10.1. The van der Waals surface area contributed by atoms with Crippen molar-refractivity contribution in [3.05, 3.63) is 24.5 Å². The number of pyridine rings is 1. The van der Waals surface area contributed by atoms with Crippen molar-refractivity contribution in [3.63, 3.8) is 0 Å². The molecule has 2 aromatic rings. The van der Waals surface area contributed by atoms with Crippen molar-refractivity contribution >= 4 is 32.8 Å². The van der Waals surface area contributed by atoms with Crippen molar-refractivity contribution < 1.29 is 8.42 Å². The van der Waals surface area contributed by atoms with Gasteiger partial charge in [0.2, 0.25) is 10.0 Å². The monoisotopic (exact) mass is 325 g/mol. The first kappa shape index (κ1) is 14.9. The highest BCUT2D eigenvalue weighted by molar-refractivity contribution is 8.00. The molecule has 5 nitrogen and oxygen atoms in total. The molecule has 0 bridgehead atoms. The van der Waals surface area contributed by atoms with Gasteiger partial charge in [0, 0.05) is 41.9 Å². The Morgan fingerprint density at radius 2 is 2.29 bits per heavy atom. The summed E-state index contributed by atoms with van der Waals surface area (Å²) < 4.78 is 27.4. The van der Waals surface area contributed by atoms with Crippen molar-refractivity contribution in [3.8, 4) is 0 Å². The number of hydrogen-bond donors (Lipinski definition) is 1. The Morgan fingerprint density at radius 3 is 3.05 bits per heavy atom. The number of nitrogens with zero attached hydrogens (tertiary/aromatic N) is 2. The zero-order valence-electron chi connectivity index (χ0n) is 12.1. The predicted molar refractivity (Wildman–Crippen MR) is 85.9 cm³/mol. The molecule has 1 atom stereocenters. The number of rotatable bonds is 3. The lowest BCUT2D eigenvalue weighted by Crippen LogP contribution is -2.43. The number of aromatic amines is 1. The minimum absolute atomic E-state index is 0.333. The first-order valence-corrected chi connectivity index (χ1v) is 9.53. The van der Waals surface area contributed by atoms with Gasteiger partial charge in [0.15, 0.2) is 0 Å². The maximum atomic E-state index is 12.9. The van der Waals surface area contributed by atoms with Gasteiger partial charge in [0.05, 0.1) is 0 Å². The van der Waals surface area contributed by atoms with Gasteiger partial charge < -0.3 is 4.98 Å². The van der Waals surface area contributed by atoms with E-state index in [1.165, 1.54) is 0 Å². The SMILES string of the molecule is CC(C)C1CN(S(=O)(=O)c2c[nH]c3ncccc23)CCS1. The average Bonchev–Trinajstić information content (AvgIpc) is 2.92. The van der Waals surface area contributed by atoms with E-state index in [0.29, 0.717) is 40.2 Å². The minimum Gasteiger partial charge on any atom is -0.345 e. The minimum atomic E-state index is -3.46. The van der Waals surface area contributed by atoms with Crippen molar-refractivity contribution in [2.45, 2.75) is 24.0 Å². The molecular formula is C14H19N3O2S2. The molecular weight excluding hydrogens is 306 g/mol. The molecule has 0 amide bonds. The molecule has 1 saturated heterocycles. The normalized spacial score (nSPS) is 21.2. The Balaban J connectivity index is 1.96. The van der Waals surface area contributed by atoms with Crippen LogP contribution < -0.4 is 0 Å². The summed E-state index contributed by atoms with van der Waals surface area (Å²) >= 11 is 1.87. The summed E-state index contributed by atoms with van der Waals surface area (Å²) in [7, 11) is -3.46. The van der Waals surface area contributed by atoms with Crippen LogP contribution in [0.1, 0.15) is 13.8 Å². The molecule has 0 aromatic carbocycles. The number of hydrogen-bond acceptors (Lipinski definition) is 4. The summed E-state index contributed by atoms with van der Waals surface area (Å²) in [6.45, 7) is 5.44. The molecule has 1 aliphatic rings. The predicted octanol–water partition coefficient (Wildman–Crippen LogP) is 2.33. The van der Waals surface area contributed by atoms with E-state index < -0.39 is 10.0 Å². The van der Waals surface area contributed by atoms with E-state index in [1.54, 1.807) is 28.8 Å². The van der Waals surface area contributed by atoms with Crippen LogP contribution in [0.4, 0.5) is 0 Å². The highest BCUT2D eigenvalue weighted by atomic mass is 32.2. The summed E-state index contributed by atoms with van der Waals surface area (Å²) in [6, 6.07) is 3.56. The van der Waals surface area contributed by atoms with Crippen LogP contribution >= 0.6 is 11.8 Å². The van der Waals surface area contributed by atoms with E-state index in [0.717, 1.165) is 5.75 Å². The fourth-order valence-electron chi connectivity index (χ4n) is 2.56. The summed E-state index contributed by atoms with van der Waals surface area (Å²) in [5.41, 5.74) is 0.614. The van der Waals surface area contributed by atoms with Gasteiger partial charge in [0.25, 0.3) is 0 Å². The Bertz CT molecular complexity index is 740. The lowest BCUT2D eigenvalue weighted by Gasteiger charge is -2.33. The van der Waals surface area contributed by atoms with E-state index in [4.69, 9.17) is 0 Å². The second kappa shape index (κ2) is 5.62. The molecule has 3 heterocycles. The third kappa shape index (κ3) is 2.69. The van der Waals surface area contributed by atoms with Gasteiger partial charge in [-0.2, -0.15) is 16.1 Å². The van der Waals surface area contributed by atoms with Crippen LogP contribution in [0.2, 0.25) is 0 Å². The van der Waals surface area contributed by atoms with Crippen LogP contribution in [0.5, 0.6) is 0 Å². The van der Waals surface area contributed by atoms with Crippen LogP contribution in [0.15, 0.2) is 29.4 Å².